The van der Waals surface area contributed by atoms with Gasteiger partial charge in [-0.2, -0.15) is 11.8 Å². The molecular formula is C15H18FNO2S. The number of carbonyl (C=O) groups is 1. The fourth-order valence-electron chi connectivity index (χ4n) is 2.67. The van der Waals surface area contributed by atoms with Gasteiger partial charge in [-0.25, -0.2) is 4.39 Å². The van der Waals surface area contributed by atoms with Gasteiger partial charge in [0, 0.05) is 17.7 Å². The zero-order chi connectivity index (χ0) is 14.2. The van der Waals surface area contributed by atoms with E-state index in [-0.39, 0.29) is 17.1 Å². The van der Waals surface area contributed by atoms with Crippen LogP contribution in [0.15, 0.2) is 24.3 Å². The average molecular weight is 295 g/mol. The van der Waals surface area contributed by atoms with Crippen molar-refractivity contribution in [3.8, 4) is 0 Å². The number of nitrogens with one attached hydrogen (secondary N) is 1. The lowest BCUT2D eigenvalue weighted by Gasteiger charge is -2.23. The van der Waals surface area contributed by atoms with Crippen molar-refractivity contribution in [2.75, 3.05) is 18.1 Å². The van der Waals surface area contributed by atoms with Gasteiger partial charge in [0.25, 0.3) is 5.91 Å². The second-order valence-electron chi connectivity index (χ2n) is 5.80. The summed E-state index contributed by atoms with van der Waals surface area (Å²) < 4.78 is 13.0. The summed E-state index contributed by atoms with van der Waals surface area (Å²) in [6, 6.07) is 6.49. The van der Waals surface area contributed by atoms with Crippen molar-refractivity contribution in [2.45, 2.75) is 30.3 Å². The maximum Gasteiger partial charge on any atom is 0.252 e. The Morgan fingerprint density at radius 2 is 2.00 bits per heavy atom. The molecule has 1 aromatic carbocycles. The lowest BCUT2D eigenvalue weighted by Crippen LogP contribution is -2.48. The minimum Gasteiger partial charge on any atom is -0.379 e. The fourth-order valence-corrected chi connectivity index (χ4v) is 3.91. The molecule has 20 heavy (non-hydrogen) atoms. The number of hydrogen-bond acceptors (Lipinski definition) is 3. The van der Waals surface area contributed by atoms with Crippen molar-refractivity contribution >= 4 is 17.7 Å². The number of aliphatic hydroxyl groups is 1. The number of benzene rings is 1. The van der Waals surface area contributed by atoms with Crippen LogP contribution in [-0.2, 0) is 10.2 Å². The van der Waals surface area contributed by atoms with Gasteiger partial charge in [-0.3, -0.25) is 4.79 Å². The summed E-state index contributed by atoms with van der Waals surface area (Å²) in [7, 11) is 0. The van der Waals surface area contributed by atoms with E-state index < -0.39 is 5.60 Å². The van der Waals surface area contributed by atoms with Gasteiger partial charge >= 0.3 is 0 Å². The fraction of sp³-hybridized carbons (Fsp3) is 0.533. The minimum atomic E-state index is -1.20. The molecule has 0 radical (unpaired) electrons. The van der Waals surface area contributed by atoms with Crippen molar-refractivity contribution in [1.29, 1.82) is 0 Å². The molecule has 1 atom stereocenters. The Morgan fingerprint density at radius 1 is 1.30 bits per heavy atom. The Balaban J connectivity index is 1.63. The molecule has 1 saturated carbocycles. The number of carbonyl (C=O) groups excluding carboxylic acids is 1. The van der Waals surface area contributed by atoms with Crippen LogP contribution in [0.3, 0.4) is 0 Å². The molecule has 1 heterocycles. The summed E-state index contributed by atoms with van der Waals surface area (Å²) in [4.78, 5) is 12.1. The van der Waals surface area contributed by atoms with Gasteiger partial charge in [0.2, 0.25) is 0 Å². The third kappa shape index (κ3) is 2.56. The largest absolute Gasteiger partial charge is 0.379 e. The summed E-state index contributed by atoms with van der Waals surface area (Å²) in [5.41, 5.74) is -0.207. The average Bonchev–Trinajstić information content (AvgIpc) is 3.11. The Bertz CT molecular complexity index is 507. The van der Waals surface area contributed by atoms with Crippen LogP contribution in [0.5, 0.6) is 0 Å². The van der Waals surface area contributed by atoms with Crippen LogP contribution in [0.25, 0.3) is 0 Å². The highest BCUT2D eigenvalue weighted by atomic mass is 32.2. The molecule has 1 aliphatic heterocycles. The molecule has 2 aliphatic rings. The molecule has 0 aromatic heterocycles. The van der Waals surface area contributed by atoms with Crippen molar-refractivity contribution in [2.24, 2.45) is 0 Å². The van der Waals surface area contributed by atoms with E-state index in [1.807, 2.05) is 0 Å². The van der Waals surface area contributed by atoms with Gasteiger partial charge in [-0.05, 0) is 42.7 Å². The van der Waals surface area contributed by atoms with Crippen LogP contribution in [0.4, 0.5) is 4.39 Å². The summed E-state index contributed by atoms with van der Waals surface area (Å²) in [6.45, 7) is 0.518. The molecule has 108 valence electrons. The number of halogens is 1. The first-order chi connectivity index (χ1) is 9.54. The summed E-state index contributed by atoms with van der Waals surface area (Å²) in [5.74, 6) is 0.789. The quantitative estimate of drug-likeness (QED) is 0.891. The van der Waals surface area contributed by atoms with E-state index >= 15 is 0 Å². The van der Waals surface area contributed by atoms with E-state index in [1.54, 1.807) is 23.9 Å². The zero-order valence-corrected chi connectivity index (χ0v) is 12.0. The standard InChI is InChI=1S/C15H18FNO2S/c16-12-3-1-11(2-4-12)14(5-6-14)9-17-13(18)15(19)7-8-20-10-15/h1-4,19H,5-10H2,(H,17,18). The van der Waals surface area contributed by atoms with Gasteiger partial charge in [-0.1, -0.05) is 12.1 Å². The second kappa shape index (κ2) is 5.04. The van der Waals surface area contributed by atoms with E-state index in [2.05, 4.69) is 5.32 Å². The molecule has 1 aliphatic carbocycles. The smallest absolute Gasteiger partial charge is 0.252 e. The topological polar surface area (TPSA) is 49.3 Å². The lowest BCUT2D eigenvalue weighted by molar-refractivity contribution is -0.137. The first-order valence-electron chi connectivity index (χ1n) is 6.89. The third-order valence-electron chi connectivity index (χ3n) is 4.32. The molecule has 1 unspecified atom stereocenters. The molecule has 0 bridgehead atoms. The maximum absolute atomic E-state index is 13.0. The predicted octanol–water partition coefficient (Wildman–Crippen LogP) is 1.84. The van der Waals surface area contributed by atoms with Gasteiger partial charge in [0.1, 0.15) is 5.82 Å². The molecular weight excluding hydrogens is 277 g/mol. The van der Waals surface area contributed by atoms with E-state index in [4.69, 9.17) is 0 Å². The van der Waals surface area contributed by atoms with Crippen LogP contribution in [0.2, 0.25) is 0 Å². The molecule has 3 nitrogen and oxygen atoms in total. The molecule has 3 rings (SSSR count). The van der Waals surface area contributed by atoms with E-state index in [0.717, 1.165) is 24.2 Å². The van der Waals surface area contributed by atoms with E-state index in [0.29, 0.717) is 18.7 Å². The first kappa shape index (κ1) is 13.9. The molecule has 5 heteroatoms. The molecule has 2 fully saturated rings. The highest BCUT2D eigenvalue weighted by molar-refractivity contribution is 7.99. The van der Waals surface area contributed by atoms with Crippen LogP contribution >= 0.6 is 11.8 Å². The number of amides is 1. The van der Waals surface area contributed by atoms with Crippen LogP contribution in [0.1, 0.15) is 24.8 Å². The summed E-state index contributed by atoms with van der Waals surface area (Å²) >= 11 is 1.60. The van der Waals surface area contributed by atoms with Crippen molar-refractivity contribution < 1.29 is 14.3 Å². The molecule has 1 aromatic rings. The van der Waals surface area contributed by atoms with Gasteiger partial charge in [0.05, 0.1) is 0 Å². The van der Waals surface area contributed by atoms with Gasteiger partial charge in [0.15, 0.2) is 5.60 Å². The molecule has 0 spiro atoms. The maximum atomic E-state index is 13.0. The SMILES string of the molecule is O=C(NCC1(c2ccc(F)cc2)CC1)C1(O)CCSC1. The number of rotatable bonds is 4. The van der Waals surface area contributed by atoms with Crippen LogP contribution < -0.4 is 5.32 Å². The van der Waals surface area contributed by atoms with E-state index in [9.17, 15) is 14.3 Å². The lowest BCUT2D eigenvalue weighted by atomic mass is 9.95. The first-order valence-corrected chi connectivity index (χ1v) is 8.04. The summed E-state index contributed by atoms with van der Waals surface area (Å²) in [5, 5.41) is 13.1. The minimum absolute atomic E-state index is 0.0640. The Labute approximate surface area is 121 Å². The monoisotopic (exact) mass is 295 g/mol. The van der Waals surface area contributed by atoms with Crippen molar-refractivity contribution in [1.82, 2.24) is 5.32 Å². The van der Waals surface area contributed by atoms with Gasteiger partial charge < -0.3 is 10.4 Å². The zero-order valence-electron chi connectivity index (χ0n) is 11.2. The number of thioether (sulfide) groups is 1. The van der Waals surface area contributed by atoms with E-state index in [1.165, 1.54) is 12.1 Å². The van der Waals surface area contributed by atoms with Crippen LogP contribution in [-0.4, -0.2) is 34.7 Å². The highest BCUT2D eigenvalue weighted by Crippen LogP contribution is 2.47. The second-order valence-corrected chi connectivity index (χ2v) is 6.91. The molecule has 1 amide bonds. The highest BCUT2D eigenvalue weighted by Gasteiger charge is 2.46. The number of hydrogen-bond donors (Lipinski definition) is 2. The normalized spacial score (nSPS) is 27.3. The Morgan fingerprint density at radius 3 is 2.55 bits per heavy atom. The van der Waals surface area contributed by atoms with Crippen LogP contribution in [0, 0.1) is 5.82 Å². The predicted molar refractivity (Wildman–Crippen MR) is 77.2 cm³/mol. The summed E-state index contributed by atoms with van der Waals surface area (Å²) in [6.07, 6.45) is 2.51. The Kier molecular flexibility index (Phi) is 3.50. The Hall–Kier alpha value is -1.07. The van der Waals surface area contributed by atoms with Crippen molar-refractivity contribution in [3.05, 3.63) is 35.6 Å². The van der Waals surface area contributed by atoms with Crippen molar-refractivity contribution in [3.63, 3.8) is 0 Å². The van der Waals surface area contributed by atoms with Gasteiger partial charge in [-0.15, -0.1) is 0 Å². The third-order valence-corrected chi connectivity index (χ3v) is 5.50. The molecule has 2 N–H and O–H groups in total. The molecule has 1 saturated heterocycles.